The molecule has 2 saturated heterocycles. The van der Waals surface area contributed by atoms with E-state index in [1.54, 1.807) is 0 Å². The van der Waals surface area contributed by atoms with E-state index in [0.29, 0.717) is 5.54 Å². The fraction of sp³-hybridized carbons (Fsp3) is 1.00. The van der Waals surface area contributed by atoms with Crippen molar-refractivity contribution in [3.8, 4) is 0 Å². The predicted molar refractivity (Wildman–Crippen MR) is 32.8 cm³/mol. The summed E-state index contributed by atoms with van der Waals surface area (Å²) < 4.78 is 0. The molecule has 0 aliphatic carbocycles. The number of rotatable bonds is 0. The van der Waals surface area contributed by atoms with Crippen LogP contribution < -0.4 is 5.32 Å². The van der Waals surface area contributed by atoms with Gasteiger partial charge in [0, 0.05) is 25.2 Å². The second kappa shape index (κ2) is 1.25. The molecule has 0 unspecified atom stereocenters. The lowest BCUT2D eigenvalue weighted by molar-refractivity contribution is -0.0312. The molecule has 8 heavy (non-hydrogen) atoms. The van der Waals surface area contributed by atoms with E-state index in [1.165, 1.54) is 26.1 Å². The molecule has 46 valence electrons. The lowest BCUT2D eigenvalue weighted by atomic mass is 9.80. The number of nitrogens with zero attached hydrogens (tertiary/aromatic N) is 1. The van der Waals surface area contributed by atoms with Gasteiger partial charge in [-0.05, 0) is 13.5 Å². The van der Waals surface area contributed by atoms with E-state index in [1.807, 2.05) is 0 Å². The average Bonchev–Trinajstić information content (AvgIpc) is 1.58. The molecule has 2 aliphatic rings. The topological polar surface area (TPSA) is 15.3 Å². The van der Waals surface area contributed by atoms with Crippen LogP contribution >= 0.6 is 0 Å². The van der Waals surface area contributed by atoms with Gasteiger partial charge in [0.25, 0.3) is 0 Å². The van der Waals surface area contributed by atoms with Crippen molar-refractivity contribution in [2.24, 2.45) is 0 Å². The molecule has 1 spiro atoms. The third-order valence-corrected chi connectivity index (χ3v) is 2.63. The van der Waals surface area contributed by atoms with Gasteiger partial charge in [-0.3, -0.25) is 4.90 Å². The van der Waals surface area contributed by atoms with Crippen LogP contribution in [-0.4, -0.2) is 37.1 Å². The molecule has 0 atom stereocenters. The first-order valence-electron chi connectivity index (χ1n) is 3.25. The Kier molecular flexibility index (Phi) is 0.746. The summed E-state index contributed by atoms with van der Waals surface area (Å²) in [5.41, 5.74) is 0.625. The van der Waals surface area contributed by atoms with Gasteiger partial charge in [-0.2, -0.15) is 0 Å². The minimum absolute atomic E-state index is 0.625. The summed E-state index contributed by atoms with van der Waals surface area (Å²) in [6.07, 6.45) is 1.41. The molecule has 0 aromatic heterocycles. The normalized spacial score (nSPS) is 34.1. The van der Waals surface area contributed by atoms with Crippen LogP contribution in [0.4, 0.5) is 0 Å². The van der Waals surface area contributed by atoms with Gasteiger partial charge in [0.1, 0.15) is 0 Å². The molecule has 0 aromatic carbocycles. The molecule has 2 rings (SSSR count). The monoisotopic (exact) mass is 112 g/mol. The van der Waals surface area contributed by atoms with Crippen molar-refractivity contribution in [2.75, 3.05) is 26.7 Å². The number of likely N-dealkylation sites (N-methyl/N-ethyl adjacent to an activating group) is 1. The fourth-order valence-electron chi connectivity index (χ4n) is 1.51. The first-order chi connectivity index (χ1) is 3.83. The molecular formula is C6H12N2. The Labute approximate surface area is 49.9 Å². The second-order valence-electron chi connectivity index (χ2n) is 3.00. The van der Waals surface area contributed by atoms with Gasteiger partial charge in [0.15, 0.2) is 0 Å². The number of hydrogen-bond donors (Lipinski definition) is 1. The van der Waals surface area contributed by atoms with Gasteiger partial charge in [0.05, 0.1) is 0 Å². The lowest BCUT2D eigenvalue weighted by Gasteiger charge is -2.57. The first-order valence-corrected chi connectivity index (χ1v) is 3.25. The molecule has 2 nitrogen and oxygen atoms in total. The summed E-state index contributed by atoms with van der Waals surface area (Å²) in [7, 11) is 2.21. The van der Waals surface area contributed by atoms with Crippen LogP contribution in [0.5, 0.6) is 0 Å². The molecule has 2 heteroatoms. The minimum atomic E-state index is 0.625. The molecule has 2 fully saturated rings. The largest absolute Gasteiger partial charge is 0.313 e. The quantitative estimate of drug-likeness (QED) is 0.461. The highest BCUT2D eigenvalue weighted by Crippen LogP contribution is 2.31. The zero-order valence-electron chi connectivity index (χ0n) is 5.28. The number of hydrogen-bond acceptors (Lipinski definition) is 2. The Hall–Kier alpha value is -0.0800. The zero-order chi connectivity index (χ0) is 5.61. The van der Waals surface area contributed by atoms with Gasteiger partial charge >= 0.3 is 0 Å². The van der Waals surface area contributed by atoms with Gasteiger partial charge in [-0.25, -0.2) is 0 Å². The summed E-state index contributed by atoms with van der Waals surface area (Å²) in [5.74, 6) is 0. The molecule has 0 amide bonds. The SMILES string of the molecule is CN1CCC12CNC2. The standard InChI is InChI=1S/C6H12N2/c1-8-3-2-6(8)4-7-5-6/h7H,2-5H2,1H3. The molecular weight excluding hydrogens is 100 g/mol. The number of likely N-dealkylation sites (tertiary alicyclic amines) is 1. The van der Waals surface area contributed by atoms with Crippen molar-refractivity contribution in [2.45, 2.75) is 12.0 Å². The van der Waals surface area contributed by atoms with Crippen LogP contribution in [0.15, 0.2) is 0 Å². The van der Waals surface area contributed by atoms with Crippen molar-refractivity contribution in [1.82, 2.24) is 10.2 Å². The highest BCUT2D eigenvalue weighted by Gasteiger charge is 2.46. The Bertz CT molecular complexity index is 102. The summed E-state index contributed by atoms with van der Waals surface area (Å²) in [6.45, 7) is 3.76. The van der Waals surface area contributed by atoms with Crippen molar-refractivity contribution in [1.29, 1.82) is 0 Å². The second-order valence-corrected chi connectivity index (χ2v) is 3.00. The van der Waals surface area contributed by atoms with Crippen LogP contribution in [0.25, 0.3) is 0 Å². The third kappa shape index (κ3) is 0.361. The Morgan fingerprint density at radius 3 is 2.25 bits per heavy atom. The lowest BCUT2D eigenvalue weighted by Crippen LogP contribution is -2.74. The van der Waals surface area contributed by atoms with E-state index < -0.39 is 0 Å². The Morgan fingerprint density at radius 2 is 2.25 bits per heavy atom. The zero-order valence-corrected chi connectivity index (χ0v) is 5.28. The minimum Gasteiger partial charge on any atom is -0.313 e. The average molecular weight is 112 g/mol. The summed E-state index contributed by atoms with van der Waals surface area (Å²) in [5, 5.41) is 3.29. The Morgan fingerprint density at radius 1 is 1.50 bits per heavy atom. The van der Waals surface area contributed by atoms with E-state index in [-0.39, 0.29) is 0 Å². The highest BCUT2D eigenvalue weighted by molar-refractivity contribution is 5.07. The van der Waals surface area contributed by atoms with Crippen LogP contribution in [0.3, 0.4) is 0 Å². The molecule has 2 heterocycles. The van der Waals surface area contributed by atoms with E-state index in [0.717, 1.165) is 0 Å². The molecule has 2 aliphatic heterocycles. The molecule has 1 N–H and O–H groups in total. The van der Waals surface area contributed by atoms with Crippen LogP contribution in [-0.2, 0) is 0 Å². The van der Waals surface area contributed by atoms with Crippen LogP contribution in [0.1, 0.15) is 6.42 Å². The molecule has 0 radical (unpaired) electrons. The summed E-state index contributed by atoms with van der Waals surface area (Å²) in [4.78, 5) is 2.45. The van der Waals surface area contributed by atoms with Gasteiger partial charge in [-0.1, -0.05) is 0 Å². The van der Waals surface area contributed by atoms with E-state index >= 15 is 0 Å². The Balaban J connectivity index is 2.03. The molecule has 0 bridgehead atoms. The fourth-order valence-corrected chi connectivity index (χ4v) is 1.51. The van der Waals surface area contributed by atoms with Gasteiger partial charge in [0.2, 0.25) is 0 Å². The van der Waals surface area contributed by atoms with E-state index in [9.17, 15) is 0 Å². The van der Waals surface area contributed by atoms with Crippen molar-refractivity contribution < 1.29 is 0 Å². The third-order valence-electron chi connectivity index (χ3n) is 2.63. The predicted octanol–water partition coefficient (Wildman–Crippen LogP) is -0.336. The van der Waals surface area contributed by atoms with Gasteiger partial charge in [-0.15, -0.1) is 0 Å². The maximum Gasteiger partial charge on any atom is 0.0467 e. The highest BCUT2D eigenvalue weighted by atomic mass is 15.3. The first kappa shape index (κ1) is 4.77. The maximum atomic E-state index is 3.29. The summed E-state index contributed by atoms with van der Waals surface area (Å²) in [6, 6.07) is 0. The van der Waals surface area contributed by atoms with Gasteiger partial charge < -0.3 is 5.32 Å². The van der Waals surface area contributed by atoms with Crippen molar-refractivity contribution in [3.05, 3.63) is 0 Å². The molecule has 0 aromatic rings. The van der Waals surface area contributed by atoms with E-state index in [4.69, 9.17) is 0 Å². The van der Waals surface area contributed by atoms with E-state index in [2.05, 4.69) is 17.3 Å². The molecule has 0 saturated carbocycles. The van der Waals surface area contributed by atoms with Crippen molar-refractivity contribution >= 4 is 0 Å². The maximum absolute atomic E-state index is 3.29. The smallest absolute Gasteiger partial charge is 0.0467 e. The van der Waals surface area contributed by atoms with Crippen LogP contribution in [0, 0.1) is 0 Å². The van der Waals surface area contributed by atoms with Crippen LogP contribution in [0.2, 0.25) is 0 Å². The van der Waals surface area contributed by atoms with Crippen molar-refractivity contribution in [3.63, 3.8) is 0 Å². The summed E-state index contributed by atoms with van der Waals surface area (Å²) >= 11 is 0. The number of nitrogens with one attached hydrogen (secondary N) is 1.